The summed E-state index contributed by atoms with van der Waals surface area (Å²) >= 11 is 3.79. The van der Waals surface area contributed by atoms with Gasteiger partial charge in [-0.1, -0.05) is 81.8 Å². The van der Waals surface area contributed by atoms with Crippen LogP contribution in [0.3, 0.4) is 0 Å². The van der Waals surface area contributed by atoms with Crippen molar-refractivity contribution in [3.8, 4) is 0 Å². The van der Waals surface area contributed by atoms with Crippen LogP contribution in [0.5, 0.6) is 0 Å². The van der Waals surface area contributed by atoms with Crippen molar-refractivity contribution in [2.75, 3.05) is 23.1 Å². The predicted octanol–water partition coefficient (Wildman–Crippen LogP) is 7.24. The quantitative estimate of drug-likeness (QED) is 0.346. The number of rotatable bonds is 3. The molecule has 1 heterocycles. The Morgan fingerprint density at radius 1 is 0.912 bits per heavy atom. The van der Waals surface area contributed by atoms with Gasteiger partial charge in [-0.05, 0) is 55.0 Å². The molecule has 0 aromatic heterocycles. The van der Waals surface area contributed by atoms with Crippen LogP contribution >= 0.6 is 12.6 Å². The van der Waals surface area contributed by atoms with Gasteiger partial charge in [0.25, 0.3) is 5.91 Å². The molecule has 2 unspecified atom stereocenters. The van der Waals surface area contributed by atoms with E-state index in [2.05, 4.69) is 56.9 Å². The number of para-hydroxylation sites is 2. The first-order valence-corrected chi connectivity index (χ1v) is 12.5. The third-order valence-corrected chi connectivity index (χ3v) is 4.94. The lowest BCUT2D eigenvalue weighted by Gasteiger charge is -2.40. The molecule has 0 saturated carbocycles. The van der Waals surface area contributed by atoms with E-state index in [-0.39, 0.29) is 18.0 Å². The number of nitrogens with one attached hydrogen (secondary N) is 1. The molecule has 5 heteroatoms. The first kappa shape index (κ1) is 29.3. The van der Waals surface area contributed by atoms with Crippen LogP contribution in [0.15, 0.2) is 84.9 Å². The van der Waals surface area contributed by atoms with Crippen LogP contribution in [0.1, 0.15) is 62.5 Å². The molecule has 0 fully saturated rings. The van der Waals surface area contributed by atoms with Crippen LogP contribution in [0.2, 0.25) is 0 Å². The predicted molar refractivity (Wildman–Crippen MR) is 150 cm³/mol. The first-order chi connectivity index (χ1) is 16.6. The van der Waals surface area contributed by atoms with Crippen LogP contribution in [0.4, 0.5) is 11.4 Å². The number of hydrogen-bond donors (Lipinski definition) is 3. The Balaban J connectivity index is 0.000000643. The highest BCUT2D eigenvalue weighted by molar-refractivity contribution is 7.80. The van der Waals surface area contributed by atoms with E-state index in [1.54, 1.807) is 0 Å². The number of benzene rings is 3. The summed E-state index contributed by atoms with van der Waals surface area (Å²) in [6.07, 6.45) is 2.12. The van der Waals surface area contributed by atoms with Crippen molar-refractivity contribution in [1.82, 2.24) is 0 Å². The summed E-state index contributed by atoms with van der Waals surface area (Å²) in [7, 11) is 1.00. The standard InChI is InChI=1S/C23H22N2O.C3H8.C2H6S.CH4O/c1-17-16-21(24-19-12-6-3-7-13-19)20-14-8-9-15-22(20)25(17)23(26)18-10-4-2-5-11-18;1-3-2;1-2-3;1-2/h2-15,17,21,24H,16H2,1H3;3H2,1-2H3;3H,2H2,1H3;2H,1H3. The third-order valence-electron chi connectivity index (χ3n) is 4.94. The third kappa shape index (κ3) is 8.54. The van der Waals surface area contributed by atoms with Crippen molar-refractivity contribution in [3.63, 3.8) is 0 Å². The van der Waals surface area contributed by atoms with Gasteiger partial charge in [0.05, 0.1) is 6.04 Å². The van der Waals surface area contributed by atoms with Crippen LogP contribution in [0, 0.1) is 0 Å². The van der Waals surface area contributed by atoms with Crippen molar-refractivity contribution in [2.24, 2.45) is 0 Å². The smallest absolute Gasteiger partial charge is 0.258 e. The molecule has 3 aromatic rings. The Labute approximate surface area is 211 Å². The van der Waals surface area contributed by atoms with Gasteiger partial charge < -0.3 is 15.3 Å². The number of aliphatic hydroxyl groups excluding tert-OH is 1. The van der Waals surface area contributed by atoms with Gasteiger partial charge in [0.2, 0.25) is 0 Å². The van der Waals surface area contributed by atoms with Crippen LogP contribution in [-0.2, 0) is 0 Å². The van der Waals surface area contributed by atoms with Gasteiger partial charge in [-0.15, -0.1) is 0 Å². The van der Waals surface area contributed by atoms with Gasteiger partial charge in [-0.25, -0.2) is 0 Å². The molecule has 0 radical (unpaired) electrons. The number of nitrogens with zero attached hydrogens (tertiary/aromatic N) is 1. The zero-order valence-electron chi connectivity index (χ0n) is 21.1. The molecule has 3 aromatic carbocycles. The van der Waals surface area contributed by atoms with E-state index in [1.165, 1.54) is 12.0 Å². The Morgan fingerprint density at radius 3 is 1.94 bits per heavy atom. The molecule has 0 spiro atoms. The lowest BCUT2D eigenvalue weighted by atomic mass is 9.90. The number of hydrogen-bond acceptors (Lipinski definition) is 4. The van der Waals surface area contributed by atoms with Crippen LogP contribution in [0.25, 0.3) is 0 Å². The second-order valence-corrected chi connectivity index (χ2v) is 8.40. The van der Waals surface area contributed by atoms with Crippen molar-refractivity contribution >= 4 is 29.9 Å². The Hall–Kier alpha value is -2.76. The van der Waals surface area contributed by atoms with Crippen molar-refractivity contribution in [2.45, 2.75) is 52.6 Å². The largest absolute Gasteiger partial charge is 0.400 e. The zero-order valence-corrected chi connectivity index (χ0v) is 22.0. The number of carbonyl (C=O) groups is 1. The highest BCUT2D eigenvalue weighted by Crippen LogP contribution is 2.39. The molecular formula is C29H40N2O2S. The Morgan fingerprint density at radius 2 is 1.38 bits per heavy atom. The van der Waals surface area contributed by atoms with Crippen molar-refractivity contribution < 1.29 is 9.90 Å². The second kappa shape index (κ2) is 16.8. The molecule has 1 aliphatic heterocycles. The summed E-state index contributed by atoms with van der Waals surface area (Å²) < 4.78 is 0. The molecular weight excluding hydrogens is 440 g/mol. The zero-order chi connectivity index (χ0) is 25.3. The summed E-state index contributed by atoms with van der Waals surface area (Å²) in [4.78, 5) is 15.1. The molecule has 0 aliphatic carbocycles. The topological polar surface area (TPSA) is 52.6 Å². The van der Waals surface area contributed by atoms with Crippen LogP contribution < -0.4 is 10.2 Å². The van der Waals surface area contributed by atoms with E-state index in [4.69, 9.17) is 5.11 Å². The van der Waals surface area contributed by atoms with E-state index < -0.39 is 0 Å². The lowest BCUT2D eigenvalue weighted by molar-refractivity contribution is 0.0974. The summed E-state index contributed by atoms with van der Waals surface area (Å²) in [6, 6.07) is 28.3. The summed E-state index contributed by atoms with van der Waals surface area (Å²) in [5.74, 6) is 1.00. The molecule has 2 atom stereocenters. The minimum atomic E-state index is 0.0590. The molecule has 34 heavy (non-hydrogen) atoms. The molecule has 1 aliphatic rings. The van der Waals surface area contributed by atoms with Gasteiger partial charge in [0.15, 0.2) is 0 Å². The minimum Gasteiger partial charge on any atom is -0.400 e. The van der Waals surface area contributed by atoms with E-state index in [9.17, 15) is 4.79 Å². The Kier molecular flexibility index (Phi) is 14.5. The van der Waals surface area contributed by atoms with E-state index in [1.807, 2.05) is 78.6 Å². The van der Waals surface area contributed by atoms with Crippen molar-refractivity contribution in [3.05, 3.63) is 96.1 Å². The van der Waals surface area contributed by atoms with E-state index in [0.717, 1.165) is 36.2 Å². The van der Waals surface area contributed by atoms with Crippen LogP contribution in [-0.4, -0.2) is 29.9 Å². The van der Waals surface area contributed by atoms with E-state index in [0.29, 0.717) is 0 Å². The maximum absolute atomic E-state index is 13.1. The lowest BCUT2D eigenvalue weighted by Crippen LogP contribution is -2.44. The highest BCUT2D eigenvalue weighted by atomic mass is 32.1. The fourth-order valence-electron chi connectivity index (χ4n) is 3.71. The van der Waals surface area contributed by atoms with Crippen molar-refractivity contribution in [1.29, 1.82) is 0 Å². The monoisotopic (exact) mass is 480 g/mol. The summed E-state index contributed by atoms with van der Waals surface area (Å²) in [6.45, 7) is 8.36. The number of fused-ring (bicyclic) bond motifs is 1. The van der Waals surface area contributed by atoms with Gasteiger partial charge in [-0.2, -0.15) is 12.6 Å². The SMILES string of the molecule is CC1CC(Nc2ccccc2)c2ccccc2N1C(=O)c1ccccc1.CCC.CCS.CO. The molecule has 4 rings (SSSR count). The van der Waals surface area contributed by atoms with Gasteiger partial charge in [0.1, 0.15) is 0 Å². The number of amides is 1. The first-order valence-electron chi connectivity index (χ1n) is 11.9. The number of anilines is 2. The summed E-state index contributed by atoms with van der Waals surface area (Å²) in [5, 5.41) is 10.6. The molecule has 1 amide bonds. The Bertz CT molecular complexity index is 933. The maximum Gasteiger partial charge on any atom is 0.258 e. The molecule has 0 saturated heterocycles. The highest BCUT2D eigenvalue weighted by Gasteiger charge is 2.33. The average Bonchev–Trinajstić information content (AvgIpc) is 2.87. The molecule has 0 bridgehead atoms. The van der Waals surface area contributed by atoms with Gasteiger partial charge in [-0.3, -0.25) is 4.79 Å². The number of thiol groups is 1. The van der Waals surface area contributed by atoms with Gasteiger partial charge >= 0.3 is 0 Å². The minimum absolute atomic E-state index is 0.0590. The molecule has 4 nitrogen and oxygen atoms in total. The molecule has 2 N–H and O–H groups in total. The second-order valence-electron chi connectivity index (χ2n) is 7.77. The van der Waals surface area contributed by atoms with E-state index >= 15 is 0 Å². The maximum atomic E-state index is 13.1. The summed E-state index contributed by atoms with van der Waals surface area (Å²) in [5.41, 5.74) is 3.98. The fraction of sp³-hybridized carbons (Fsp3) is 0.345. The number of aliphatic hydroxyl groups is 1. The van der Waals surface area contributed by atoms with Gasteiger partial charge in [0, 0.05) is 30.1 Å². The fourth-order valence-corrected chi connectivity index (χ4v) is 3.71. The molecule has 184 valence electrons. The number of carbonyl (C=O) groups excluding carboxylic acids is 1. The normalized spacial score (nSPS) is 15.7. The average molecular weight is 481 g/mol.